The van der Waals surface area contributed by atoms with Gasteiger partial charge in [0, 0.05) is 29.9 Å². The zero-order valence-electron chi connectivity index (χ0n) is 16.6. The summed E-state index contributed by atoms with van der Waals surface area (Å²) in [5.41, 5.74) is 4.67. The molecule has 1 heterocycles. The van der Waals surface area contributed by atoms with Crippen molar-refractivity contribution in [2.75, 3.05) is 16.8 Å². The highest BCUT2D eigenvalue weighted by atomic mass is 16.2. The molecule has 1 N–H and O–H groups in total. The molecule has 1 aliphatic heterocycles. The van der Waals surface area contributed by atoms with Crippen LogP contribution in [0.5, 0.6) is 0 Å². The van der Waals surface area contributed by atoms with Crippen molar-refractivity contribution in [1.29, 1.82) is 0 Å². The molecule has 2 amide bonds. The lowest BCUT2D eigenvalue weighted by Crippen LogP contribution is -2.23. The molecule has 0 spiro atoms. The van der Waals surface area contributed by atoms with Crippen LogP contribution in [0.3, 0.4) is 0 Å². The summed E-state index contributed by atoms with van der Waals surface area (Å²) < 4.78 is 0. The quantitative estimate of drug-likeness (QED) is 0.781. The minimum absolute atomic E-state index is 0.121. The Morgan fingerprint density at radius 3 is 2.04 bits per heavy atom. The monoisotopic (exact) mass is 364 g/mol. The minimum atomic E-state index is -0.121. The molecule has 0 aromatic heterocycles. The number of anilines is 2. The predicted octanol–water partition coefficient (Wildman–Crippen LogP) is 5.31. The van der Waals surface area contributed by atoms with E-state index in [2.05, 4.69) is 51.2 Å². The normalized spacial score (nSPS) is 14.3. The van der Waals surface area contributed by atoms with Gasteiger partial charge in [-0.1, -0.05) is 45.9 Å². The van der Waals surface area contributed by atoms with Gasteiger partial charge in [0.25, 0.3) is 5.91 Å². The van der Waals surface area contributed by atoms with Crippen molar-refractivity contribution in [2.45, 2.75) is 52.4 Å². The molecule has 1 saturated heterocycles. The van der Waals surface area contributed by atoms with Gasteiger partial charge in [-0.2, -0.15) is 0 Å². The van der Waals surface area contributed by atoms with Crippen molar-refractivity contribution in [3.05, 3.63) is 59.2 Å². The van der Waals surface area contributed by atoms with Crippen molar-refractivity contribution >= 4 is 23.2 Å². The van der Waals surface area contributed by atoms with E-state index in [0.29, 0.717) is 23.8 Å². The van der Waals surface area contributed by atoms with E-state index in [1.807, 2.05) is 12.1 Å². The van der Waals surface area contributed by atoms with Gasteiger partial charge in [0.15, 0.2) is 0 Å². The molecule has 0 bridgehead atoms. The fourth-order valence-electron chi connectivity index (χ4n) is 3.59. The van der Waals surface area contributed by atoms with Crippen molar-refractivity contribution in [3.63, 3.8) is 0 Å². The molecular weight excluding hydrogens is 336 g/mol. The smallest absolute Gasteiger partial charge is 0.255 e. The SMILES string of the molecule is CC(C)c1cccc(C(C)C)c1NC(=O)c1ccc(N2CCCC2=O)cc1. The fraction of sp³-hybridized carbons (Fsp3) is 0.391. The van der Waals surface area contributed by atoms with E-state index in [0.717, 1.165) is 35.5 Å². The van der Waals surface area contributed by atoms with Gasteiger partial charge in [0.05, 0.1) is 0 Å². The first-order valence-corrected chi connectivity index (χ1v) is 9.73. The van der Waals surface area contributed by atoms with Crippen molar-refractivity contribution in [3.8, 4) is 0 Å². The Hall–Kier alpha value is -2.62. The van der Waals surface area contributed by atoms with Crippen LogP contribution in [-0.2, 0) is 4.79 Å². The van der Waals surface area contributed by atoms with Crippen LogP contribution in [0.2, 0.25) is 0 Å². The molecule has 3 rings (SSSR count). The molecule has 4 nitrogen and oxygen atoms in total. The van der Waals surface area contributed by atoms with Gasteiger partial charge >= 0.3 is 0 Å². The minimum Gasteiger partial charge on any atom is -0.321 e. The largest absolute Gasteiger partial charge is 0.321 e. The highest BCUT2D eigenvalue weighted by Gasteiger charge is 2.22. The maximum atomic E-state index is 12.9. The third-order valence-corrected chi connectivity index (χ3v) is 5.13. The molecule has 0 aliphatic carbocycles. The van der Waals surface area contributed by atoms with Gasteiger partial charge in [-0.25, -0.2) is 0 Å². The number of nitrogens with zero attached hydrogens (tertiary/aromatic N) is 1. The van der Waals surface area contributed by atoms with E-state index in [1.165, 1.54) is 0 Å². The molecular formula is C23H28N2O2. The van der Waals surface area contributed by atoms with Crippen LogP contribution in [0.25, 0.3) is 0 Å². The molecule has 0 saturated carbocycles. The van der Waals surface area contributed by atoms with E-state index in [9.17, 15) is 9.59 Å². The Kier molecular flexibility index (Phi) is 5.64. The van der Waals surface area contributed by atoms with E-state index in [1.54, 1.807) is 17.0 Å². The Morgan fingerprint density at radius 1 is 0.963 bits per heavy atom. The Bertz CT molecular complexity index is 812. The first-order chi connectivity index (χ1) is 12.9. The molecule has 2 aromatic carbocycles. The maximum absolute atomic E-state index is 12.9. The van der Waals surface area contributed by atoms with Gasteiger partial charge < -0.3 is 10.2 Å². The molecule has 142 valence electrons. The number of carbonyl (C=O) groups excluding carboxylic acids is 2. The average Bonchev–Trinajstić information content (AvgIpc) is 3.07. The third-order valence-electron chi connectivity index (χ3n) is 5.13. The van der Waals surface area contributed by atoms with Crippen molar-refractivity contribution in [1.82, 2.24) is 0 Å². The van der Waals surface area contributed by atoms with Crippen LogP contribution in [0.15, 0.2) is 42.5 Å². The molecule has 0 unspecified atom stereocenters. The van der Waals surface area contributed by atoms with Crippen LogP contribution < -0.4 is 10.2 Å². The second-order valence-electron chi connectivity index (χ2n) is 7.77. The number of benzene rings is 2. The maximum Gasteiger partial charge on any atom is 0.255 e. The van der Waals surface area contributed by atoms with Crippen molar-refractivity contribution < 1.29 is 9.59 Å². The van der Waals surface area contributed by atoms with Gasteiger partial charge in [0.2, 0.25) is 5.91 Å². The van der Waals surface area contributed by atoms with Gasteiger partial charge in [-0.15, -0.1) is 0 Å². The molecule has 1 aliphatic rings. The zero-order chi connectivity index (χ0) is 19.6. The van der Waals surface area contributed by atoms with E-state index >= 15 is 0 Å². The summed E-state index contributed by atoms with van der Waals surface area (Å²) in [6, 6.07) is 13.5. The lowest BCUT2D eigenvalue weighted by atomic mass is 9.92. The fourth-order valence-corrected chi connectivity index (χ4v) is 3.59. The number of nitrogens with one attached hydrogen (secondary N) is 1. The van der Waals surface area contributed by atoms with E-state index < -0.39 is 0 Å². The van der Waals surface area contributed by atoms with E-state index in [4.69, 9.17) is 0 Å². The lowest BCUT2D eigenvalue weighted by Gasteiger charge is -2.20. The number of hydrogen-bond donors (Lipinski definition) is 1. The Balaban J connectivity index is 1.84. The molecule has 1 fully saturated rings. The van der Waals surface area contributed by atoms with Crippen LogP contribution in [0.4, 0.5) is 11.4 Å². The topological polar surface area (TPSA) is 49.4 Å². The molecule has 0 atom stereocenters. The lowest BCUT2D eigenvalue weighted by molar-refractivity contribution is -0.117. The second-order valence-corrected chi connectivity index (χ2v) is 7.77. The number of para-hydroxylation sites is 1. The second kappa shape index (κ2) is 7.95. The van der Waals surface area contributed by atoms with Gasteiger partial charge in [0.1, 0.15) is 0 Å². The number of rotatable bonds is 5. The summed E-state index contributed by atoms with van der Waals surface area (Å²) in [4.78, 5) is 26.5. The third kappa shape index (κ3) is 4.05. The van der Waals surface area contributed by atoms with Crippen LogP contribution >= 0.6 is 0 Å². The average molecular weight is 364 g/mol. The standard InChI is InChI=1S/C23H28N2O2/c1-15(2)19-7-5-8-20(16(3)4)22(19)24-23(27)17-10-12-18(13-11-17)25-14-6-9-21(25)26/h5,7-8,10-13,15-16H,6,9,14H2,1-4H3,(H,24,27). The summed E-state index contributed by atoms with van der Waals surface area (Å²) >= 11 is 0. The summed E-state index contributed by atoms with van der Waals surface area (Å²) in [7, 11) is 0. The van der Waals surface area contributed by atoms with Crippen LogP contribution in [-0.4, -0.2) is 18.4 Å². The van der Waals surface area contributed by atoms with Gasteiger partial charge in [-0.05, 0) is 53.6 Å². The van der Waals surface area contributed by atoms with Crippen LogP contribution in [0.1, 0.15) is 73.9 Å². The number of hydrogen-bond acceptors (Lipinski definition) is 2. The summed E-state index contributed by atoms with van der Waals surface area (Å²) in [6.07, 6.45) is 1.50. The first-order valence-electron chi connectivity index (χ1n) is 9.73. The molecule has 2 aromatic rings. The highest BCUT2D eigenvalue weighted by Crippen LogP contribution is 2.33. The first kappa shape index (κ1) is 19.2. The molecule has 0 radical (unpaired) electrons. The summed E-state index contributed by atoms with van der Waals surface area (Å²) in [5, 5.41) is 3.14. The highest BCUT2D eigenvalue weighted by molar-refractivity contribution is 6.05. The molecule has 27 heavy (non-hydrogen) atoms. The van der Waals surface area contributed by atoms with E-state index in [-0.39, 0.29) is 11.8 Å². The zero-order valence-corrected chi connectivity index (χ0v) is 16.6. The number of carbonyl (C=O) groups is 2. The van der Waals surface area contributed by atoms with Crippen LogP contribution in [0, 0.1) is 0 Å². The predicted molar refractivity (Wildman–Crippen MR) is 111 cm³/mol. The van der Waals surface area contributed by atoms with Gasteiger partial charge in [-0.3, -0.25) is 9.59 Å². The Labute approximate surface area is 161 Å². The summed E-state index contributed by atoms with van der Waals surface area (Å²) in [6.45, 7) is 9.30. The number of amides is 2. The summed E-state index contributed by atoms with van der Waals surface area (Å²) in [5.74, 6) is 0.675. The Morgan fingerprint density at radius 2 is 1.56 bits per heavy atom. The van der Waals surface area contributed by atoms with Crippen molar-refractivity contribution in [2.24, 2.45) is 0 Å². The molecule has 4 heteroatoms.